The molecule has 1 heterocycles. The van der Waals surface area contributed by atoms with Crippen LogP contribution in [0.5, 0.6) is 0 Å². The fraction of sp³-hybridized carbons (Fsp3) is 0.462. The van der Waals surface area contributed by atoms with Crippen molar-refractivity contribution in [2.45, 2.75) is 25.7 Å². The molecule has 1 fully saturated rings. The Morgan fingerprint density at radius 2 is 2.05 bits per heavy atom. The van der Waals surface area contributed by atoms with Crippen molar-refractivity contribution in [2.24, 2.45) is 5.92 Å². The first-order valence-corrected chi connectivity index (χ1v) is 6.57. The Balaban J connectivity index is 1.53. The van der Waals surface area contributed by atoms with Crippen LogP contribution in [0.15, 0.2) is 22.8 Å². The average Bonchev–Trinajstić information content (AvgIpc) is 3.15. The monoisotopic (exact) mass is 279 g/mol. The zero-order valence-corrected chi connectivity index (χ0v) is 11.0. The molecule has 1 aromatic rings. The molecule has 0 aromatic carbocycles. The summed E-state index contributed by atoms with van der Waals surface area (Å²) in [4.78, 5) is 34.2. The summed E-state index contributed by atoms with van der Waals surface area (Å²) in [6.07, 6.45) is 3.91. The van der Waals surface area contributed by atoms with Gasteiger partial charge in [-0.05, 0) is 31.4 Å². The van der Waals surface area contributed by atoms with Crippen LogP contribution in [0.1, 0.15) is 36.2 Å². The molecule has 1 saturated carbocycles. The first-order valence-electron chi connectivity index (χ1n) is 6.57. The van der Waals surface area contributed by atoms with Crippen molar-refractivity contribution in [3.8, 4) is 0 Å². The quantitative estimate of drug-likeness (QED) is 0.516. The fourth-order valence-corrected chi connectivity index (χ4v) is 1.59. The van der Waals surface area contributed by atoms with Crippen molar-refractivity contribution in [1.82, 2.24) is 16.2 Å². The van der Waals surface area contributed by atoms with E-state index in [1.165, 1.54) is 6.26 Å². The van der Waals surface area contributed by atoms with E-state index in [1.54, 1.807) is 12.1 Å². The number of hydrogen-bond acceptors (Lipinski definition) is 4. The molecule has 3 amide bonds. The third kappa shape index (κ3) is 4.42. The van der Waals surface area contributed by atoms with Gasteiger partial charge in [-0.25, -0.2) is 0 Å². The zero-order chi connectivity index (χ0) is 14.4. The van der Waals surface area contributed by atoms with E-state index in [0.717, 1.165) is 12.8 Å². The summed E-state index contributed by atoms with van der Waals surface area (Å²) in [7, 11) is 0. The summed E-state index contributed by atoms with van der Waals surface area (Å²) in [6.45, 7) is 0.365. The number of rotatable bonds is 6. The molecule has 7 heteroatoms. The summed E-state index contributed by atoms with van der Waals surface area (Å²) in [5, 5.41) is 2.63. The van der Waals surface area contributed by atoms with Crippen molar-refractivity contribution < 1.29 is 18.8 Å². The highest BCUT2D eigenvalue weighted by atomic mass is 16.3. The molecule has 0 radical (unpaired) electrons. The number of carbonyl (C=O) groups excluding carboxylic acids is 3. The van der Waals surface area contributed by atoms with Gasteiger partial charge in [-0.1, -0.05) is 0 Å². The fourth-order valence-electron chi connectivity index (χ4n) is 1.59. The molecular weight excluding hydrogens is 262 g/mol. The Bertz CT molecular complexity index is 480. The first-order chi connectivity index (χ1) is 9.66. The molecule has 0 bridgehead atoms. The molecule has 1 aliphatic rings. The minimum Gasteiger partial charge on any atom is -0.459 e. The second kappa shape index (κ2) is 6.74. The number of hydrogen-bond donors (Lipinski definition) is 3. The number of amides is 3. The molecular formula is C13H17N3O4. The number of carbonyl (C=O) groups is 3. The van der Waals surface area contributed by atoms with E-state index < -0.39 is 0 Å². The van der Waals surface area contributed by atoms with Gasteiger partial charge in [-0.15, -0.1) is 0 Å². The Morgan fingerprint density at radius 3 is 2.70 bits per heavy atom. The van der Waals surface area contributed by atoms with E-state index >= 15 is 0 Å². The molecule has 3 N–H and O–H groups in total. The maximum atomic E-state index is 11.5. The van der Waals surface area contributed by atoms with Crippen molar-refractivity contribution in [3.05, 3.63) is 24.2 Å². The Kier molecular flexibility index (Phi) is 4.75. The molecule has 0 atom stereocenters. The van der Waals surface area contributed by atoms with Crippen molar-refractivity contribution in [2.75, 3.05) is 6.54 Å². The maximum absolute atomic E-state index is 11.5. The molecule has 0 spiro atoms. The van der Waals surface area contributed by atoms with E-state index in [4.69, 9.17) is 4.42 Å². The second-order valence-corrected chi connectivity index (χ2v) is 4.65. The third-order valence-corrected chi connectivity index (χ3v) is 2.88. The molecule has 20 heavy (non-hydrogen) atoms. The molecule has 0 unspecified atom stereocenters. The van der Waals surface area contributed by atoms with Crippen molar-refractivity contribution >= 4 is 17.7 Å². The van der Waals surface area contributed by atoms with Crippen LogP contribution in [0.3, 0.4) is 0 Å². The van der Waals surface area contributed by atoms with Gasteiger partial charge in [0.2, 0.25) is 11.8 Å². The van der Waals surface area contributed by atoms with Gasteiger partial charge in [0.1, 0.15) is 0 Å². The predicted molar refractivity (Wildman–Crippen MR) is 69.3 cm³/mol. The molecule has 2 rings (SSSR count). The Hall–Kier alpha value is -2.31. The summed E-state index contributed by atoms with van der Waals surface area (Å²) >= 11 is 0. The maximum Gasteiger partial charge on any atom is 0.286 e. The first kappa shape index (κ1) is 14.1. The van der Waals surface area contributed by atoms with Gasteiger partial charge in [0, 0.05) is 18.9 Å². The minimum absolute atomic E-state index is 0.0582. The summed E-state index contributed by atoms with van der Waals surface area (Å²) in [5.41, 5.74) is 4.73. The summed E-state index contributed by atoms with van der Waals surface area (Å²) < 4.78 is 4.93. The van der Waals surface area contributed by atoms with Crippen LogP contribution in [-0.2, 0) is 9.59 Å². The van der Waals surface area contributed by atoms with Crippen LogP contribution in [0, 0.1) is 5.92 Å². The zero-order valence-electron chi connectivity index (χ0n) is 11.0. The Morgan fingerprint density at radius 1 is 1.25 bits per heavy atom. The summed E-state index contributed by atoms with van der Waals surface area (Å²) in [6, 6.07) is 3.19. The Labute approximate surface area is 116 Å². The predicted octanol–water partition coefficient (Wildman–Crippen LogP) is 0.347. The largest absolute Gasteiger partial charge is 0.459 e. The van der Waals surface area contributed by atoms with Crippen molar-refractivity contribution in [1.29, 1.82) is 0 Å². The molecule has 108 valence electrons. The minimum atomic E-state index is -0.308. The lowest BCUT2D eigenvalue weighted by Crippen LogP contribution is -2.42. The highest BCUT2D eigenvalue weighted by molar-refractivity contribution is 5.91. The van der Waals surface area contributed by atoms with E-state index in [9.17, 15) is 14.4 Å². The number of nitrogens with one attached hydrogen (secondary N) is 3. The molecule has 1 aliphatic carbocycles. The average molecular weight is 279 g/mol. The molecule has 7 nitrogen and oxygen atoms in total. The van der Waals surface area contributed by atoms with Crippen molar-refractivity contribution in [3.63, 3.8) is 0 Å². The van der Waals surface area contributed by atoms with E-state index in [0.29, 0.717) is 13.0 Å². The molecule has 1 aromatic heterocycles. The molecule has 0 saturated heterocycles. The van der Waals surface area contributed by atoms with Crippen LogP contribution < -0.4 is 16.2 Å². The highest BCUT2D eigenvalue weighted by Crippen LogP contribution is 2.28. The van der Waals surface area contributed by atoms with Gasteiger partial charge in [0.05, 0.1) is 6.26 Å². The standard InChI is InChI=1S/C13H17N3O4/c17-11(15-16-12(18)9-5-6-9)4-1-7-14-13(19)10-3-2-8-20-10/h2-3,8-9H,1,4-7H2,(H,14,19)(H,15,17)(H,16,18). The van der Waals surface area contributed by atoms with Gasteiger partial charge < -0.3 is 9.73 Å². The van der Waals surface area contributed by atoms with Crippen LogP contribution >= 0.6 is 0 Å². The van der Waals surface area contributed by atoms with E-state index in [-0.39, 0.29) is 35.8 Å². The van der Waals surface area contributed by atoms with Gasteiger partial charge >= 0.3 is 0 Å². The van der Waals surface area contributed by atoms with Gasteiger partial charge in [0.15, 0.2) is 5.76 Å². The number of hydrazine groups is 1. The summed E-state index contributed by atoms with van der Waals surface area (Å²) in [5.74, 6) is -0.415. The van der Waals surface area contributed by atoms with Gasteiger partial charge in [0.25, 0.3) is 5.91 Å². The smallest absolute Gasteiger partial charge is 0.286 e. The van der Waals surface area contributed by atoms with Gasteiger partial charge in [-0.3, -0.25) is 25.2 Å². The second-order valence-electron chi connectivity index (χ2n) is 4.65. The van der Waals surface area contributed by atoms with Crippen LogP contribution in [0.25, 0.3) is 0 Å². The van der Waals surface area contributed by atoms with Gasteiger partial charge in [-0.2, -0.15) is 0 Å². The van der Waals surface area contributed by atoms with E-state index in [2.05, 4.69) is 16.2 Å². The van der Waals surface area contributed by atoms with Crippen LogP contribution in [0.2, 0.25) is 0 Å². The van der Waals surface area contributed by atoms with Crippen LogP contribution in [0.4, 0.5) is 0 Å². The SMILES string of the molecule is O=C(CCCNC(=O)c1ccco1)NNC(=O)C1CC1. The lowest BCUT2D eigenvalue weighted by atomic mass is 10.3. The van der Waals surface area contributed by atoms with E-state index in [1.807, 2.05) is 0 Å². The topological polar surface area (TPSA) is 100 Å². The third-order valence-electron chi connectivity index (χ3n) is 2.88. The normalized spacial score (nSPS) is 13.6. The van der Waals surface area contributed by atoms with Crippen LogP contribution in [-0.4, -0.2) is 24.3 Å². The lowest BCUT2D eigenvalue weighted by molar-refractivity contribution is -0.129. The highest BCUT2D eigenvalue weighted by Gasteiger charge is 2.29. The lowest BCUT2D eigenvalue weighted by Gasteiger charge is -2.06. The molecule has 0 aliphatic heterocycles. The number of furan rings is 1.